The molecule has 0 heterocycles. The van der Waals surface area contributed by atoms with Crippen LogP contribution in [0.4, 0.5) is 0 Å². The minimum Gasteiger partial charge on any atom is -0.508 e. The molecule has 15 heavy (non-hydrogen) atoms. The van der Waals surface area contributed by atoms with Crippen molar-refractivity contribution in [3.63, 3.8) is 0 Å². The number of phenols is 1. The van der Waals surface area contributed by atoms with Crippen molar-refractivity contribution >= 4 is 10.1 Å². The lowest BCUT2D eigenvalue weighted by Gasteiger charge is -2.05. The molecule has 0 aliphatic carbocycles. The van der Waals surface area contributed by atoms with E-state index in [1.807, 2.05) is 0 Å². The normalized spacial score (nSPS) is 11.5. The molecule has 0 saturated carbocycles. The standard InChI is InChI=1S/C9H13NO4S/c11-9-4-2-1-3-8(9)7-10-5-6-15(12,13)14/h1-4,10-11H,5-7H2,(H,12,13,14). The van der Waals surface area contributed by atoms with E-state index in [1.165, 1.54) is 0 Å². The molecule has 0 spiro atoms. The molecule has 0 aliphatic heterocycles. The zero-order valence-electron chi connectivity index (χ0n) is 8.05. The third-order valence-corrected chi connectivity index (χ3v) is 2.56. The van der Waals surface area contributed by atoms with Crippen LogP contribution in [0.25, 0.3) is 0 Å². The maximum atomic E-state index is 10.4. The molecule has 6 heteroatoms. The summed E-state index contributed by atoms with van der Waals surface area (Å²) in [5, 5.41) is 12.2. The van der Waals surface area contributed by atoms with Crippen LogP contribution in [-0.4, -0.2) is 30.4 Å². The minimum atomic E-state index is -3.91. The highest BCUT2D eigenvalue weighted by atomic mass is 32.2. The largest absolute Gasteiger partial charge is 0.508 e. The lowest BCUT2D eigenvalue weighted by molar-refractivity contribution is 0.464. The van der Waals surface area contributed by atoms with Crippen LogP contribution in [0.5, 0.6) is 5.75 Å². The van der Waals surface area contributed by atoms with Gasteiger partial charge < -0.3 is 10.4 Å². The highest BCUT2D eigenvalue weighted by Crippen LogP contribution is 2.14. The third-order valence-electron chi connectivity index (χ3n) is 1.84. The molecule has 0 aliphatic rings. The summed E-state index contributed by atoms with van der Waals surface area (Å²) >= 11 is 0. The van der Waals surface area contributed by atoms with Crippen LogP contribution in [0.2, 0.25) is 0 Å². The molecule has 0 amide bonds. The second-order valence-corrected chi connectivity index (χ2v) is 4.66. The van der Waals surface area contributed by atoms with E-state index in [2.05, 4.69) is 5.32 Å². The van der Waals surface area contributed by atoms with Gasteiger partial charge in [0.1, 0.15) is 5.75 Å². The van der Waals surface area contributed by atoms with Crippen molar-refractivity contribution in [3.05, 3.63) is 29.8 Å². The van der Waals surface area contributed by atoms with E-state index in [4.69, 9.17) is 4.55 Å². The van der Waals surface area contributed by atoms with Gasteiger partial charge in [0.05, 0.1) is 5.75 Å². The second kappa shape index (κ2) is 5.11. The highest BCUT2D eigenvalue weighted by Gasteiger charge is 2.03. The molecule has 0 aromatic heterocycles. The van der Waals surface area contributed by atoms with E-state index in [0.29, 0.717) is 12.1 Å². The summed E-state index contributed by atoms with van der Waals surface area (Å²) in [6.07, 6.45) is 0. The Morgan fingerprint density at radius 3 is 2.53 bits per heavy atom. The van der Waals surface area contributed by atoms with Crippen LogP contribution >= 0.6 is 0 Å². The smallest absolute Gasteiger partial charge is 0.266 e. The Morgan fingerprint density at radius 1 is 1.27 bits per heavy atom. The molecular formula is C9H13NO4S. The van der Waals surface area contributed by atoms with E-state index < -0.39 is 10.1 Å². The number of hydrogen-bond acceptors (Lipinski definition) is 4. The first-order valence-corrected chi connectivity index (χ1v) is 6.03. The predicted molar refractivity (Wildman–Crippen MR) is 56.2 cm³/mol. The van der Waals surface area contributed by atoms with Gasteiger partial charge in [-0.1, -0.05) is 18.2 Å². The Bertz CT molecular complexity index is 416. The molecule has 0 unspecified atom stereocenters. The van der Waals surface area contributed by atoms with E-state index in [0.717, 1.165) is 0 Å². The lowest BCUT2D eigenvalue weighted by Crippen LogP contribution is -2.22. The first-order valence-electron chi connectivity index (χ1n) is 4.42. The molecule has 0 bridgehead atoms. The van der Waals surface area contributed by atoms with Crippen molar-refractivity contribution in [2.45, 2.75) is 6.54 Å². The third kappa shape index (κ3) is 4.78. The molecular weight excluding hydrogens is 218 g/mol. The van der Waals surface area contributed by atoms with Gasteiger partial charge in [-0.05, 0) is 6.07 Å². The molecule has 84 valence electrons. The average Bonchev–Trinajstić information content (AvgIpc) is 2.13. The van der Waals surface area contributed by atoms with Crippen molar-refractivity contribution in [2.24, 2.45) is 0 Å². The van der Waals surface area contributed by atoms with E-state index >= 15 is 0 Å². The van der Waals surface area contributed by atoms with Crippen molar-refractivity contribution in [1.29, 1.82) is 0 Å². The van der Waals surface area contributed by atoms with Crippen LogP contribution in [-0.2, 0) is 16.7 Å². The maximum Gasteiger partial charge on any atom is 0.266 e. The quantitative estimate of drug-likeness (QED) is 0.503. The fourth-order valence-electron chi connectivity index (χ4n) is 1.08. The molecule has 0 atom stereocenters. The molecule has 0 saturated heterocycles. The fourth-order valence-corrected chi connectivity index (χ4v) is 1.49. The van der Waals surface area contributed by atoms with Crippen LogP contribution in [0, 0.1) is 0 Å². The number of nitrogens with one attached hydrogen (secondary N) is 1. The van der Waals surface area contributed by atoms with Gasteiger partial charge in [-0.2, -0.15) is 8.42 Å². The topological polar surface area (TPSA) is 86.6 Å². The SMILES string of the molecule is O=S(=O)(O)CCNCc1ccccc1O. The van der Waals surface area contributed by atoms with E-state index in [9.17, 15) is 13.5 Å². The Balaban J connectivity index is 2.36. The van der Waals surface area contributed by atoms with Crippen molar-refractivity contribution in [3.8, 4) is 5.75 Å². The minimum absolute atomic E-state index is 0.146. The van der Waals surface area contributed by atoms with Gasteiger partial charge >= 0.3 is 0 Å². The van der Waals surface area contributed by atoms with E-state index in [-0.39, 0.29) is 18.0 Å². The number of aromatic hydroxyl groups is 1. The van der Waals surface area contributed by atoms with Crippen molar-refractivity contribution < 1.29 is 18.1 Å². The zero-order chi connectivity index (χ0) is 11.3. The van der Waals surface area contributed by atoms with Gasteiger partial charge in [-0.3, -0.25) is 4.55 Å². The summed E-state index contributed by atoms with van der Waals surface area (Å²) in [5.74, 6) is -0.169. The summed E-state index contributed by atoms with van der Waals surface area (Å²) < 4.78 is 29.2. The Labute approximate surface area is 88.5 Å². The predicted octanol–water partition coefficient (Wildman–Crippen LogP) is 0.370. The first-order chi connectivity index (χ1) is 6.99. The zero-order valence-corrected chi connectivity index (χ0v) is 8.87. The molecule has 5 nitrogen and oxygen atoms in total. The maximum absolute atomic E-state index is 10.4. The summed E-state index contributed by atoms with van der Waals surface area (Å²) in [4.78, 5) is 0. The van der Waals surface area contributed by atoms with Gasteiger partial charge in [-0.25, -0.2) is 0 Å². The number of benzene rings is 1. The number of hydrogen-bond donors (Lipinski definition) is 3. The number of para-hydroxylation sites is 1. The molecule has 0 radical (unpaired) electrons. The molecule has 1 aromatic rings. The Hall–Kier alpha value is -1.11. The average molecular weight is 231 g/mol. The monoisotopic (exact) mass is 231 g/mol. The number of rotatable bonds is 5. The summed E-state index contributed by atoms with van der Waals surface area (Å²) in [6.45, 7) is 0.509. The molecule has 0 fully saturated rings. The van der Waals surface area contributed by atoms with Crippen molar-refractivity contribution in [2.75, 3.05) is 12.3 Å². The molecule has 1 aromatic carbocycles. The van der Waals surface area contributed by atoms with Gasteiger partial charge in [0.2, 0.25) is 0 Å². The summed E-state index contributed by atoms with van der Waals surface area (Å²) in [6, 6.07) is 6.77. The fraction of sp³-hybridized carbons (Fsp3) is 0.333. The van der Waals surface area contributed by atoms with Gasteiger partial charge in [-0.15, -0.1) is 0 Å². The second-order valence-electron chi connectivity index (χ2n) is 3.09. The van der Waals surface area contributed by atoms with E-state index in [1.54, 1.807) is 24.3 Å². The summed E-state index contributed by atoms with van der Waals surface area (Å²) in [5.41, 5.74) is 0.688. The Morgan fingerprint density at radius 2 is 1.93 bits per heavy atom. The van der Waals surface area contributed by atoms with Crippen LogP contribution in [0.1, 0.15) is 5.56 Å². The first kappa shape index (κ1) is 12.0. The molecule has 3 N–H and O–H groups in total. The van der Waals surface area contributed by atoms with Crippen LogP contribution < -0.4 is 5.32 Å². The van der Waals surface area contributed by atoms with Gasteiger partial charge in [0.15, 0.2) is 0 Å². The molecule has 1 rings (SSSR count). The highest BCUT2D eigenvalue weighted by molar-refractivity contribution is 7.85. The lowest BCUT2D eigenvalue weighted by atomic mass is 10.2. The summed E-state index contributed by atoms with van der Waals surface area (Å²) in [7, 11) is -3.91. The van der Waals surface area contributed by atoms with Crippen molar-refractivity contribution in [1.82, 2.24) is 5.32 Å². The van der Waals surface area contributed by atoms with Crippen LogP contribution in [0.3, 0.4) is 0 Å². The van der Waals surface area contributed by atoms with Crippen LogP contribution in [0.15, 0.2) is 24.3 Å². The number of phenolic OH excluding ortho intramolecular Hbond substituents is 1. The van der Waals surface area contributed by atoms with Gasteiger partial charge in [0, 0.05) is 18.7 Å². The Kier molecular flexibility index (Phi) is 4.07. The van der Waals surface area contributed by atoms with Gasteiger partial charge in [0.25, 0.3) is 10.1 Å².